The molecule has 2 heterocycles. The molecule has 0 radical (unpaired) electrons. The van der Waals surface area contributed by atoms with Crippen LogP contribution in [0.2, 0.25) is 0 Å². The van der Waals surface area contributed by atoms with Crippen LogP contribution in [0.1, 0.15) is 73.2 Å². The SMILES string of the molecule is CCNC(=O)c1cc(C(=O)NCCCC2(F)CC(C(C)(C)C)CN(C(=O)O)C2)cn(Cc2ccccc2)c1=O. The van der Waals surface area contributed by atoms with Crippen LogP contribution in [0.15, 0.2) is 47.4 Å². The number of carbonyl (C=O) groups excluding carboxylic acids is 2. The predicted molar refractivity (Wildman–Crippen MR) is 147 cm³/mol. The number of benzene rings is 1. The lowest BCUT2D eigenvalue weighted by molar-refractivity contribution is -0.0180. The van der Waals surface area contributed by atoms with Gasteiger partial charge in [-0.1, -0.05) is 51.1 Å². The molecule has 0 bridgehead atoms. The first-order valence-electron chi connectivity index (χ1n) is 13.3. The fourth-order valence-electron chi connectivity index (χ4n) is 4.94. The van der Waals surface area contributed by atoms with Crippen LogP contribution in [-0.4, -0.2) is 64.3 Å². The van der Waals surface area contributed by atoms with Gasteiger partial charge in [0.1, 0.15) is 11.2 Å². The zero-order chi connectivity index (χ0) is 28.8. The summed E-state index contributed by atoms with van der Waals surface area (Å²) in [6, 6.07) is 10.5. The molecule has 212 valence electrons. The highest BCUT2D eigenvalue weighted by atomic mass is 19.1. The minimum Gasteiger partial charge on any atom is -0.465 e. The highest BCUT2D eigenvalue weighted by molar-refractivity contribution is 5.99. The van der Waals surface area contributed by atoms with Gasteiger partial charge < -0.3 is 25.2 Å². The third-order valence-electron chi connectivity index (χ3n) is 7.24. The second-order valence-electron chi connectivity index (χ2n) is 11.4. The lowest BCUT2D eigenvalue weighted by Gasteiger charge is -2.45. The molecule has 3 rings (SSSR count). The van der Waals surface area contributed by atoms with E-state index in [1.54, 1.807) is 6.92 Å². The Hall–Kier alpha value is -3.69. The first-order valence-corrected chi connectivity index (χ1v) is 13.3. The molecule has 3 amide bonds. The summed E-state index contributed by atoms with van der Waals surface area (Å²) in [5.41, 5.74) is -1.59. The van der Waals surface area contributed by atoms with Gasteiger partial charge in [0.05, 0.1) is 18.7 Å². The molecule has 1 aliphatic heterocycles. The number of amides is 3. The molecule has 9 nitrogen and oxygen atoms in total. The van der Waals surface area contributed by atoms with Crippen LogP contribution in [0.4, 0.5) is 9.18 Å². The Morgan fingerprint density at radius 2 is 1.82 bits per heavy atom. The summed E-state index contributed by atoms with van der Waals surface area (Å²) in [5, 5.41) is 14.9. The molecule has 10 heteroatoms. The quantitative estimate of drug-likeness (QED) is 0.415. The Kier molecular flexibility index (Phi) is 9.53. The van der Waals surface area contributed by atoms with Crippen LogP contribution in [0.25, 0.3) is 0 Å². The smallest absolute Gasteiger partial charge is 0.407 e. The van der Waals surface area contributed by atoms with Crippen molar-refractivity contribution in [3.8, 4) is 0 Å². The van der Waals surface area contributed by atoms with Crippen molar-refractivity contribution in [3.63, 3.8) is 0 Å². The molecule has 0 saturated carbocycles. The Balaban J connectivity index is 1.71. The van der Waals surface area contributed by atoms with E-state index in [1.807, 2.05) is 51.1 Å². The monoisotopic (exact) mass is 542 g/mol. The van der Waals surface area contributed by atoms with Crippen molar-refractivity contribution in [1.29, 1.82) is 0 Å². The van der Waals surface area contributed by atoms with Gasteiger partial charge in [-0.3, -0.25) is 14.4 Å². The van der Waals surface area contributed by atoms with E-state index in [1.165, 1.54) is 16.8 Å². The number of aromatic nitrogens is 1. The topological polar surface area (TPSA) is 121 Å². The molecule has 1 aliphatic rings. The van der Waals surface area contributed by atoms with E-state index < -0.39 is 29.1 Å². The Labute approximate surface area is 228 Å². The number of rotatable bonds is 9. The molecule has 3 N–H and O–H groups in total. The van der Waals surface area contributed by atoms with Crippen LogP contribution in [-0.2, 0) is 6.54 Å². The number of piperidine rings is 1. The molecular formula is C29H39FN4O5. The first kappa shape index (κ1) is 29.9. The molecule has 1 aromatic carbocycles. The Morgan fingerprint density at radius 3 is 2.44 bits per heavy atom. The third-order valence-corrected chi connectivity index (χ3v) is 7.24. The second-order valence-corrected chi connectivity index (χ2v) is 11.4. The maximum absolute atomic E-state index is 15.8. The van der Waals surface area contributed by atoms with Crippen molar-refractivity contribution in [2.24, 2.45) is 11.3 Å². The number of nitrogens with zero attached hydrogens (tertiary/aromatic N) is 2. The van der Waals surface area contributed by atoms with Gasteiger partial charge in [0, 0.05) is 25.8 Å². The average molecular weight is 543 g/mol. The van der Waals surface area contributed by atoms with Gasteiger partial charge in [-0.2, -0.15) is 0 Å². The van der Waals surface area contributed by atoms with Gasteiger partial charge in [0.15, 0.2) is 0 Å². The fraction of sp³-hybridized carbons (Fsp3) is 0.517. The molecule has 2 atom stereocenters. The predicted octanol–water partition coefficient (Wildman–Crippen LogP) is 3.91. The fourth-order valence-corrected chi connectivity index (χ4v) is 4.94. The molecule has 0 aliphatic carbocycles. The van der Waals surface area contributed by atoms with E-state index in [9.17, 15) is 24.3 Å². The van der Waals surface area contributed by atoms with E-state index in [0.29, 0.717) is 19.5 Å². The van der Waals surface area contributed by atoms with Gasteiger partial charge in [-0.05, 0) is 49.1 Å². The standard InChI is InChI=1S/C29H39FN4O5/c1-5-31-25(36)23-14-21(17-33(26(23)37)16-20-10-7-6-8-11-20)24(35)32-13-9-12-29(30)15-22(28(2,3)4)18-34(19-29)27(38)39/h6-8,10-11,14,17,22H,5,9,12-13,15-16,18-19H2,1-4H3,(H,31,36)(H,32,35)(H,38,39). The number of hydrogen-bond donors (Lipinski definition) is 3. The number of carboxylic acid groups (broad SMARTS) is 1. The molecule has 39 heavy (non-hydrogen) atoms. The zero-order valence-electron chi connectivity index (χ0n) is 23.1. The van der Waals surface area contributed by atoms with Crippen LogP contribution < -0.4 is 16.2 Å². The number of pyridine rings is 1. The van der Waals surface area contributed by atoms with Crippen molar-refractivity contribution >= 4 is 17.9 Å². The number of alkyl halides is 1. The van der Waals surface area contributed by atoms with Crippen molar-refractivity contribution in [3.05, 3.63) is 69.6 Å². The summed E-state index contributed by atoms with van der Waals surface area (Å²) in [6.07, 6.45) is 0.951. The maximum Gasteiger partial charge on any atom is 0.407 e. The normalized spacial score (nSPS) is 19.4. The van der Waals surface area contributed by atoms with Crippen molar-refractivity contribution < 1.29 is 23.9 Å². The summed E-state index contributed by atoms with van der Waals surface area (Å²) in [4.78, 5) is 51.3. The summed E-state index contributed by atoms with van der Waals surface area (Å²) < 4.78 is 17.2. The highest BCUT2D eigenvalue weighted by Gasteiger charge is 2.44. The first-order chi connectivity index (χ1) is 18.3. The van der Waals surface area contributed by atoms with Gasteiger partial charge >= 0.3 is 6.09 Å². The van der Waals surface area contributed by atoms with Crippen molar-refractivity contribution in [2.75, 3.05) is 26.2 Å². The van der Waals surface area contributed by atoms with Crippen molar-refractivity contribution in [2.45, 2.75) is 59.2 Å². The molecule has 2 unspecified atom stereocenters. The second kappa shape index (κ2) is 12.4. The number of nitrogens with one attached hydrogen (secondary N) is 2. The minimum absolute atomic E-state index is 0.0985. The minimum atomic E-state index is -1.69. The Morgan fingerprint density at radius 1 is 1.13 bits per heavy atom. The zero-order valence-corrected chi connectivity index (χ0v) is 23.1. The molecular weight excluding hydrogens is 503 g/mol. The van der Waals surface area contributed by atoms with Gasteiger partial charge in [-0.15, -0.1) is 0 Å². The molecule has 1 fully saturated rings. The van der Waals surface area contributed by atoms with Crippen LogP contribution >= 0.6 is 0 Å². The van der Waals surface area contributed by atoms with E-state index in [-0.39, 0.29) is 54.9 Å². The maximum atomic E-state index is 15.8. The van der Waals surface area contributed by atoms with E-state index in [2.05, 4.69) is 10.6 Å². The van der Waals surface area contributed by atoms with Crippen LogP contribution in [0, 0.1) is 11.3 Å². The lowest BCUT2D eigenvalue weighted by Crippen LogP contribution is -2.53. The van der Waals surface area contributed by atoms with E-state index >= 15 is 4.39 Å². The van der Waals surface area contributed by atoms with Gasteiger partial charge in [0.2, 0.25) is 0 Å². The number of halogens is 1. The molecule has 1 saturated heterocycles. The summed E-state index contributed by atoms with van der Waals surface area (Å²) >= 11 is 0. The summed E-state index contributed by atoms with van der Waals surface area (Å²) in [6.45, 7) is 8.46. The average Bonchev–Trinajstić information content (AvgIpc) is 2.87. The number of carbonyl (C=O) groups is 3. The van der Waals surface area contributed by atoms with Gasteiger partial charge in [0.25, 0.3) is 17.4 Å². The lowest BCUT2D eigenvalue weighted by atomic mass is 9.71. The largest absolute Gasteiger partial charge is 0.465 e. The highest BCUT2D eigenvalue weighted by Crippen LogP contribution is 2.41. The molecule has 0 spiro atoms. The van der Waals surface area contributed by atoms with Crippen molar-refractivity contribution in [1.82, 2.24) is 20.1 Å². The Bertz CT molecular complexity index is 1240. The molecule has 2 aromatic rings. The number of hydrogen-bond acceptors (Lipinski definition) is 4. The van der Waals surface area contributed by atoms with Crippen LogP contribution in [0.3, 0.4) is 0 Å². The van der Waals surface area contributed by atoms with Gasteiger partial charge in [-0.25, -0.2) is 9.18 Å². The van der Waals surface area contributed by atoms with E-state index in [4.69, 9.17) is 0 Å². The third kappa shape index (κ3) is 7.91. The van der Waals surface area contributed by atoms with E-state index in [0.717, 1.165) is 10.5 Å². The summed E-state index contributed by atoms with van der Waals surface area (Å²) in [7, 11) is 0. The summed E-state index contributed by atoms with van der Waals surface area (Å²) in [5.74, 6) is -1.18. The molecule has 1 aromatic heterocycles. The van der Waals surface area contributed by atoms with Crippen LogP contribution in [0.5, 0.6) is 0 Å². The number of likely N-dealkylation sites (tertiary alicyclic amines) is 1.